The summed E-state index contributed by atoms with van der Waals surface area (Å²) in [6.45, 7) is 2.79. The van der Waals surface area contributed by atoms with Gasteiger partial charge in [-0.2, -0.15) is 4.73 Å². The van der Waals surface area contributed by atoms with Crippen LogP contribution in [-0.4, -0.2) is 29.8 Å². The number of hydrogen-bond acceptors (Lipinski definition) is 5. The molecule has 0 radical (unpaired) electrons. The molecule has 0 N–H and O–H groups in total. The van der Waals surface area contributed by atoms with Crippen molar-refractivity contribution in [1.82, 2.24) is 29.8 Å². The molecule has 8 nitrogen and oxygen atoms in total. The molecule has 0 spiro atoms. The molecule has 0 aliphatic rings. The molecule has 0 saturated carbocycles. The second kappa shape index (κ2) is 14.9. The van der Waals surface area contributed by atoms with Gasteiger partial charge in [-0.05, 0) is 56.3 Å². The summed E-state index contributed by atoms with van der Waals surface area (Å²) in [5.41, 5.74) is 8.09. The first-order chi connectivity index (χ1) is 26.1. The first kappa shape index (κ1) is 33.5. The van der Waals surface area contributed by atoms with E-state index in [1.165, 1.54) is 12.4 Å². The summed E-state index contributed by atoms with van der Waals surface area (Å²) in [6, 6.07) is 52.1. The molecule has 260 valence electrons. The maximum Gasteiger partial charge on any atom is 0.184 e. The maximum absolute atomic E-state index is 11.8. The second-order valence-corrected chi connectivity index (χ2v) is 13.2. The van der Waals surface area contributed by atoms with Crippen molar-refractivity contribution in [1.29, 1.82) is 0 Å². The number of hydrogen-bond donors (Lipinski definition) is 0. The lowest BCUT2D eigenvalue weighted by Gasteiger charge is -2.36. The highest BCUT2D eigenvalue weighted by molar-refractivity contribution is 5.81. The van der Waals surface area contributed by atoms with Crippen LogP contribution >= 0.6 is 0 Å². The van der Waals surface area contributed by atoms with E-state index >= 15 is 0 Å². The van der Waals surface area contributed by atoms with E-state index in [-0.39, 0.29) is 0 Å². The number of imidazole rings is 1. The van der Waals surface area contributed by atoms with Crippen molar-refractivity contribution in [2.45, 2.75) is 38.3 Å². The number of benzene rings is 5. The van der Waals surface area contributed by atoms with Crippen molar-refractivity contribution in [3.8, 4) is 33.8 Å². The molecule has 0 amide bonds. The zero-order valence-electron chi connectivity index (χ0n) is 29.5. The number of unbranched alkanes of at least 4 members (excludes halogenated alkanes) is 1. The third-order valence-electron chi connectivity index (χ3n) is 9.84. The van der Waals surface area contributed by atoms with Gasteiger partial charge in [0.25, 0.3) is 0 Å². The Morgan fingerprint density at radius 2 is 1.25 bits per heavy atom. The Bertz CT molecular complexity index is 2310. The number of aryl methyl sites for hydroxylation is 1. The minimum Gasteiger partial charge on any atom is -0.619 e. The topological polar surface area (TPSA) is 88.4 Å². The predicted octanol–water partition coefficient (Wildman–Crippen LogP) is 8.74. The highest BCUT2D eigenvalue weighted by Crippen LogP contribution is 2.43. The lowest BCUT2D eigenvalue weighted by Crippen LogP contribution is -2.39. The number of nitrogens with zero attached hydrogens (tertiary/aromatic N) is 7. The molecular formula is C45H39N7O. The normalized spacial score (nSPS) is 11.5. The van der Waals surface area contributed by atoms with Crippen molar-refractivity contribution in [3.05, 3.63) is 204 Å². The van der Waals surface area contributed by atoms with E-state index in [4.69, 9.17) is 15.3 Å². The van der Waals surface area contributed by atoms with Gasteiger partial charge in [-0.15, -0.1) is 5.10 Å². The van der Waals surface area contributed by atoms with Crippen LogP contribution in [-0.2, 0) is 18.5 Å². The van der Waals surface area contributed by atoms with Crippen LogP contribution < -0.4 is 4.73 Å². The fourth-order valence-corrected chi connectivity index (χ4v) is 7.27. The van der Waals surface area contributed by atoms with E-state index in [9.17, 15) is 5.21 Å². The number of pyridine rings is 1. The van der Waals surface area contributed by atoms with Crippen LogP contribution in [0.4, 0.5) is 0 Å². The highest BCUT2D eigenvalue weighted by Gasteiger charge is 2.42. The summed E-state index contributed by atoms with van der Waals surface area (Å²) in [6.07, 6.45) is 8.06. The summed E-state index contributed by atoms with van der Waals surface area (Å²) >= 11 is 0. The van der Waals surface area contributed by atoms with Crippen LogP contribution in [0.5, 0.6) is 0 Å². The molecule has 8 aromatic rings. The first-order valence-corrected chi connectivity index (χ1v) is 18.0. The van der Waals surface area contributed by atoms with Gasteiger partial charge in [-0.3, -0.25) is 0 Å². The molecule has 8 rings (SSSR count). The van der Waals surface area contributed by atoms with Crippen molar-refractivity contribution in [2.75, 3.05) is 0 Å². The molecule has 0 fully saturated rings. The predicted molar refractivity (Wildman–Crippen MR) is 208 cm³/mol. The van der Waals surface area contributed by atoms with Gasteiger partial charge in [0.15, 0.2) is 18.2 Å². The van der Waals surface area contributed by atoms with Crippen LogP contribution in [0, 0.1) is 5.21 Å². The first-order valence-electron chi connectivity index (χ1n) is 18.0. The van der Waals surface area contributed by atoms with Gasteiger partial charge in [-0.1, -0.05) is 147 Å². The monoisotopic (exact) mass is 693 g/mol. The summed E-state index contributed by atoms with van der Waals surface area (Å²) in [5, 5.41) is 25.9. The third kappa shape index (κ3) is 6.51. The maximum atomic E-state index is 11.8. The van der Waals surface area contributed by atoms with Crippen molar-refractivity contribution in [2.24, 2.45) is 0 Å². The molecule has 0 saturated heterocycles. The van der Waals surface area contributed by atoms with Crippen molar-refractivity contribution < 1.29 is 4.73 Å². The minimum absolute atomic E-state index is 0.602. The Labute approximate surface area is 309 Å². The highest BCUT2D eigenvalue weighted by atomic mass is 16.5. The fraction of sp³-hybridized carbons (Fsp3) is 0.133. The lowest BCUT2D eigenvalue weighted by molar-refractivity contribution is -0.605. The molecule has 53 heavy (non-hydrogen) atoms. The Hall–Kier alpha value is -6.67. The standard InChI is InChI=1S/C45H39N7O/c1-2-3-24-43-46-42(36-27-29-51(53)30-28-36)33-50(43)32-34-25-26-40(35-16-8-4-9-17-35)41(31-34)44-47-48-49-52(44)45(37-18-10-5-11-19-37,38-20-12-6-13-21-38)39-22-14-7-15-23-39/h4-23,25-31,33H,2-3,24,32H2,1H3. The molecule has 8 heteroatoms. The fourth-order valence-electron chi connectivity index (χ4n) is 7.27. The van der Waals surface area contributed by atoms with Gasteiger partial charge in [0, 0.05) is 42.4 Å². The Morgan fingerprint density at radius 3 is 1.83 bits per heavy atom. The van der Waals surface area contributed by atoms with Gasteiger partial charge in [0.05, 0.1) is 5.69 Å². The van der Waals surface area contributed by atoms with Crippen LogP contribution in [0.25, 0.3) is 33.8 Å². The van der Waals surface area contributed by atoms with Gasteiger partial charge < -0.3 is 9.77 Å². The molecule has 0 aliphatic heterocycles. The lowest BCUT2D eigenvalue weighted by atomic mass is 9.77. The van der Waals surface area contributed by atoms with E-state index in [1.807, 2.05) is 41.1 Å². The molecule has 0 bridgehead atoms. The number of aromatic nitrogens is 7. The van der Waals surface area contributed by atoms with E-state index in [0.29, 0.717) is 12.4 Å². The quantitative estimate of drug-likeness (QED) is 0.0726. The summed E-state index contributed by atoms with van der Waals surface area (Å²) in [5.74, 6) is 1.66. The minimum atomic E-state index is -0.892. The Kier molecular flexibility index (Phi) is 9.41. The molecule has 0 unspecified atom stereocenters. The molecule has 0 aliphatic carbocycles. The Balaban J connectivity index is 1.33. The van der Waals surface area contributed by atoms with E-state index in [0.717, 1.165) is 80.0 Å². The molecule has 3 heterocycles. The molecule has 5 aromatic carbocycles. The van der Waals surface area contributed by atoms with Crippen LogP contribution in [0.3, 0.4) is 0 Å². The van der Waals surface area contributed by atoms with E-state index in [2.05, 4.69) is 138 Å². The van der Waals surface area contributed by atoms with Crippen LogP contribution in [0.1, 0.15) is 47.8 Å². The number of tetrazole rings is 1. The van der Waals surface area contributed by atoms with Crippen LogP contribution in [0.15, 0.2) is 170 Å². The molecular weight excluding hydrogens is 655 g/mol. The molecule has 0 atom stereocenters. The average molecular weight is 694 g/mol. The van der Waals surface area contributed by atoms with E-state index in [1.54, 1.807) is 0 Å². The van der Waals surface area contributed by atoms with Crippen molar-refractivity contribution in [3.63, 3.8) is 0 Å². The summed E-state index contributed by atoms with van der Waals surface area (Å²) < 4.78 is 5.03. The van der Waals surface area contributed by atoms with Gasteiger partial charge in [-0.25, -0.2) is 9.67 Å². The van der Waals surface area contributed by atoms with Crippen molar-refractivity contribution >= 4 is 0 Å². The van der Waals surface area contributed by atoms with Crippen LogP contribution in [0.2, 0.25) is 0 Å². The summed E-state index contributed by atoms with van der Waals surface area (Å²) in [7, 11) is 0. The van der Waals surface area contributed by atoms with Gasteiger partial charge in [0.1, 0.15) is 11.4 Å². The average Bonchev–Trinajstić information content (AvgIpc) is 3.87. The molecule has 3 aromatic heterocycles. The third-order valence-corrected chi connectivity index (χ3v) is 9.84. The van der Waals surface area contributed by atoms with Gasteiger partial charge in [0.2, 0.25) is 0 Å². The SMILES string of the molecule is CCCCc1nc(-c2cc[n+]([O-])cc2)cn1Cc1ccc(-c2ccccc2)c(-c2nnnn2C(c2ccccc2)(c2ccccc2)c2ccccc2)c1. The summed E-state index contributed by atoms with van der Waals surface area (Å²) in [4.78, 5) is 5.04. The smallest absolute Gasteiger partial charge is 0.184 e. The Morgan fingerprint density at radius 1 is 0.660 bits per heavy atom. The zero-order valence-corrected chi connectivity index (χ0v) is 29.5. The van der Waals surface area contributed by atoms with Gasteiger partial charge >= 0.3 is 0 Å². The zero-order chi connectivity index (χ0) is 36.0. The second-order valence-electron chi connectivity index (χ2n) is 13.2. The van der Waals surface area contributed by atoms with E-state index < -0.39 is 5.54 Å². The number of rotatable bonds is 12. The largest absolute Gasteiger partial charge is 0.619 e.